The summed E-state index contributed by atoms with van der Waals surface area (Å²) >= 11 is 0. The van der Waals surface area contributed by atoms with Crippen LogP contribution in [-0.2, 0) is 0 Å². The third-order valence-electron chi connectivity index (χ3n) is 2.24. The normalized spacial score (nSPS) is 10.9. The lowest BCUT2D eigenvalue weighted by Gasteiger charge is -2.31. The van der Waals surface area contributed by atoms with Crippen molar-refractivity contribution in [3.63, 3.8) is 0 Å². The Morgan fingerprint density at radius 1 is 1.00 bits per heavy atom. The summed E-state index contributed by atoms with van der Waals surface area (Å²) in [5.41, 5.74) is 0. The summed E-state index contributed by atoms with van der Waals surface area (Å²) in [5.74, 6) is 0.766. The van der Waals surface area contributed by atoms with Crippen molar-refractivity contribution in [1.82, 2.24) is 0 Å². The molecular weight excluding hydrogens is 211 g/mol. The van der Waals surface area contributed by atoms with E-state index in [1.807, 2.05) is 18.2 Å². The van der Waals surface area contributed by atoms with Gasteiger partial charge in [-0.3, -0.25) is 8.38 Å². The first kappa shape index (κ1) is 10.4. The molecule has 0 aliphatic heterocycles. The molecule has 2 aromatic rings. The first-order chi connectivity index (χ1) is 7.20. The van der Waals surface area contributed by atoms with Gasteiger partial charge in [0.2, 0.25) is 0 Å². The molecule has 0 radical (unpaired) electrons. The lowest BCUT2D eigenvalue weighted by molar-refractivity contribution is -0.287. The molecule has 15 heavy (non-hydrogen) atoms. The molecule has 0 aliphatic rings. The zero-order valence-corrected chi connectivity index (χ0v) is 9.03. The van der Waals surface area contributed by atoms with Gasteiger partial charge in [-0.15, -0.1) is 0 Å². The summed E-state index contributed by atoms with van der Waals surface area (Å²) in [5, 5.41) is 2.20. The van der Waals surface area contributed by atoms with E-state index < -0.39 is 8.38 Å². The fourth-order valence-corrected chi connectivity index (χ4v) is 1.89. The summed E-state index contributed by atoms with van der Waals surface area (Å²) in [4.78, 5) is 21.6. The summed E-state index contributed by atoms with van der Waals surface area (Å²) in [7, 11) is -0.910. The molecule has 0 fully saturated rings. The molecule has 0 saturated carbocycles. The topological polar surface area (TPSA) is 55.3 Å². The van der Waals surface area contributed by atoms with Crippen molar-refractivity contribution in [3.8, 4) is 5.75 Å². The number of benzene rings is 2. The van der Waals surface area contributed by atoms with Crippen LogP contribution >= 0.6 is 8.38 Å². The van der Waals surface area contributed by atoms with E-state index in [0.717, 1.165) is 16.5 Å². The number of rotatable bonds is 2. The van der Waals surface area contributed by atoms with Crippen LogP contribution in [0, 0.1) is 0 Å². The van der Waals surface area contributed by atoms with E-state index in [9.17, 15) is 9.79 Å². The molecule has 0 atom stereocenters. The van der Waals surface area contributed by atoms with E-state index in [4.69, 9.17) is 4.74 Å². The SMILES string of the molecule is COc1ccc2cc(P([O-])[O-])ccc2c1. The lowest BCUT2D eigenvalue weighted by Crippen LogP contribution is -2.19. The van der Waals surface area contributed by atoms with Crippen molar-refractivity contribution in [2.45, 2.75) is 0 Å². The number of methoxy groups -OCH3 is 1. The minimum absolute atomic E-state index is 0.336. The van der Waals surface area contributed by atoms with Gasteiger partial charge in [-0.25, -0.2) is 0 Å². The predicted molar refractivity (Wildman–Crippen MR) is 57.1 cm³/mol. The molecule has 0 bridgehead atoms. The minimum atomic E-state index is -2.51. The molecule has 0 amide bonds. The van der Waals surface area contributed by atoms with Crippen molar-refractivity contribution in [2.24, 2.45) is 0 Å². The average Bonchev–Trinajstić information content (AvgIpc) is 2.27. The summed E-state index contributed by atoms with van der Waals surface area (Å²) in [6.45, 7) is 0. The van der Waals surface area contributed by atoms with Gasteiger partial charge in [0.25, 0.3) is 0 Å². The van der Waals surface area contributed by atoms with Gasteiger partial charge in [0.05, 0.1) is 7.11 Å². The second kappa shape index (κ2) is 4.15. The first-order valence-corrected chi connectivity index (χ1v) is 5.60. The molecule has 0 aliphatic carbocycles. The van der Waals surface area contributed by atoms with E-state index >= 15 is 0 Å². The highest BCUT2D eigenvalue weighted by molar-refractivity contribution is 7.51. The van der Waals surface area contributed by atoms with Crippen LogP contribution in [0.3, 0.4) is 0 Å². The van der Waals surface area contributed by atoms with Gasteiger partial charge < -0.3 is 14.5 Å². The van der Waals surface area contributed by atoms with Gasteiger partial charge in [0.1, 0.15) is 5.75 Å². The van der Waals surface area contributed by atoms with Gasteiger partial charge in [-0.1, -0.05) is 23.5 Å². The minimum Gasteiger partial charge on any atom is -0.838 e. The fourth-order valence-electron chi connectivity index (χ4n) is 1.45. The summed E-state index contributed by atoms with van der Waals surface area (Å²) < 4.78 is 5.08. The molecule has 0 unspecified atom stereocenters. The molecule has 4 heteroatoms. The van der Waals surface area contributed by atoms with Gasteiger partial charge >= 0.3 is 0 Å². The van der Waals surface area contributed by atoms with Crippen LogP contribution in [0.2, 0.25) is 0 Å². The molecule has 3 nitrogen and oxygen atoms in total. The van der Waals surface area contributed by atoms with Crippen LogP contribution in [0.5, 0.6) is 5.75 Å². The molecule has 0 spiro atoms. The average molecular weight is 220 g/mol. The predicted octanol–water partition coefficient (Wildman–Crippen LogP) is 0.506. The Labute approximate surface area is 88.9 Å². The lowest BCUT2D eigenvalue weighted by atomic mass is 10.1. The van der Waals surface area contributed by atoms with Crippen LogP contribution in [-0.4, -0.2) is 7.11 Å². The smallest absolute Gasteiger partial charge is 0.119 e. The summed E-state index contributed by atoms with van der Waals surface area (Å²) in [6, 6.07) is 10.5. The van der Waals surface area contributed by atoms with Gasteiger partial charge in [0.15, 0.2) is 0 Å². The van der Waals surface area contributed by atoms with Gasteiger partial charge in [-0.05, 0) is 29.0 Å². The van der Waals surface area contributed by atoms with Crippen molar-refractivity contribution in [1.29, 1.82) is 0 Å². The highest BCUT2D eigenvalue weighted by Crippen LogP contribution is 2.22. The zero-order chi connectivity index (χ0) is 10.8. The fraction of sp³-hybridized carbons (Fsp3) is 0.0909. The van der Waals surface area contributed by atoms with E-state index in [2.05, 4.69) is 0 Å². The second-order valence-electron chi connectivity index (χ2n) is 3.15. The quantitative estimate of drug-likeness (QED) is 0.693. The summed E-state index contributed by atoms with van der Waals surface area (Å²) in [6.07, 6.45) is 0. The van der Waals surface area contributed by atoms with E-state index in [0.29, 0.717) is 5.30 Å². The first-order valence-electron chi connectivity index (χ1n) is 4.43. The largest absolute Gasteiger partial charge is 0.838 e. The molecule has 0 N–H and O–H groups in total. The molecule has 0 heterocycles. The Bertz CT molecular complexity index is 482. The van der Waals surface area contributed by atoms with Crippen LogP contribution in [0.4, 0.5) is 0 Å². The third-order valence-corrected chi connectivity index (χ3v) is 2.94. The van der Waals surface area contributed by atoms with E-state index in [1.54, 1.807) is 25.3 Å². The van der Waals surface area contributed by atoms with Crippen LogP contribution in [0.15, 0.2) is 36.4 Å². The Balaban J connectivity index is 2.55. The Morgan fingerprint density at radius 3 is 2.33 bits per heavy atom. The van der Waals surface area contributed by atoms with Crippen molar-refractivity contribution < 1.29 is 14.5 Å². The van der Waals surface area contributed by atoms with Crippen LogP contribution < -0.4 is 19.8 Å². The van der Waals surface area contributed by atoms with Gasteiger partial charge in [0, 0.05) is 0 Å². The molecule has 78 valence electrons. The second-order valence-corrected chi connectivity index (χ2v) is 4.19. The molecular formula is C11H9O3P-2. The van der Waals surface area contributed by atoms with Crippen molar-refractivity contribution in [2.75, 3.05) is 7.11 Å². The third kappa shape index (κ3) is 2.10. The number of hydrogen-bond donors (Lipinski definition) is 0. The molecule has 0 aromatic heterocycles. The molecule has 0 saturated heterocycles. The maximum Gasteiger partial charge on any atom is 0.119 e. The number of ether oxygens (including phenoxy) is 1. The Morgan fingerprint density at radius 2 is 1.67 bits per heavy atom. The van der Waals surface area contributed by atoms with Crippen molar-refractivity contribution in [3.05, 3.63) is 36.4 Å². The Hall–Kier alpha value is -1.15. The Kier molecular flexibility index (Phi) is 2.87. The van der Waals surface area contributed by atoms with E-state index in [1.165, 1.54) is 0 Å². The number of hydrogen-bond acceptors (Lipinski definition) is 3. The monoisotopic (exact) mass is 220 g/mol. The zero-order valence-electron chi connectivity index (χ0n) is 8.14. The maximum atomic E-state index is 10.8. The molecule has 2 aromatic carbocycles. The van der Waals surface area contributed by atoms with E-state index in [-0.39, 0.29) is 0 Å². The van der Waals surface area contributed by atoms with Crippen LogP contribution in [0.25, 0.3) is 10.8 Å². The number of fused-ring (bicyclic) bond motifs is 1. The highest BCUT2D eigenvalue weighted by Gasteiger charge is 1.96. The standard InChI is InChI=1S/C11H9O3P/c1-14-10-4-2-9-7-11(15(12)13)5-3-8(9)6-10/h2-7H,1H3/q-2. The van der Waals surface area contributed by atoms with Crippen molar-refractivity contribution >= 4 is 24.5 Å². The highest BCUT2D eigenvalue weighted by atomic mass is 31.2. The van der Waals surface area contributed by atoms with Crippen LogP contribution in [0.1, 0.15) is 0 Å². The van der Waals surface area contributed by atoms with Gasteiger partial charge in [-0.2, -0.15) is 0 Å². The molecule has 2 rings (SSSR count). The maximum absolute atomic E-state index is 10.8.